The molecule has 0 aromatic heterocycles. The van der Waals surface area contributed by atoms with Crippen LogP contribution in [0.4, 0.5) is 26.3 Å². The molecule has 0 amide bonds. The third-order valence-corrected chi connectivity index (χ3v) is 8.90. The van der Waals surface area contributed by atoms with Crippen LogP contribution in [0.2, 0.25) is 0 Å². The van der Waals surface area contributed by atoms with Crippen molar-refractivity contribution in [1.82, 2.24) is 0 Å². The molecule has 5 aromatic rings. The summed E-state index contributed by atoms with van der Waals surface area (Å²) < 4.78 is 94.0. The van der Waals surface area contributed by atoms with Crippen molar-refractivity contribution < 1.29 is 45.4 Å². The third-order valence-electron chi connectivity index (χ3n) is 7.24. The monoisotopic (exact) mass is 760 g/mol. The fourth-order valence-corrected chi connectivity index (χ4v) is 6.04. The fraction of sp³-hybridized carbons (Fsp3) is 0.135. The Kier molecular flexibility index (Phi) is 13.1. The number of hydrogen-bond donors (Lipinski definition) is 0. The Morgan fingerprint density at radius 2 is 1.06 bits per heavy atom. The van der Waals surface area contributed by atoms with Gasteiger partial charge in [-0.1, -0.05) is 66.7 Å². The van der Waals surface area contributed by atoms with Crippen LogP contribution in [0.25, 0.3) is 0 Å². The number of carbonyl (C=O) groups is 2. The molecule has 0 fully saturated rings. The first-order valence-corrected chi connectivity index (χ1v) is 16.2. The molecular weight excluding hydrogens is 734 g/mol. The molecule has 0 unspecified atom stereocenters. The predicted molar refractivity (Wildman–Crippen MR) is 178 cm³/mol. The van der Waals surface area contributed by atoms with E-state index in [4.69, 9.17) is 4.74 Å². The SMILES string of the molecule is COC(=O)c1cc(Br)c(F)c(F)c1Cc1ccccc1F.COC(=O)c1cc(SCc2ccccc2)c(F)c(F)c1Cc1ccccc1F. The predicted octanol–water partition coefficient (Wildman–Crippen LogP) is 10.0. The maximum atomic E-state index is 14.8. The van der Waals surface area contributed by atoms with Gasteiger partial charge < -0.3 is 9.47 Å². The Morgan fingerprint density at radius 3 is 1.55 bits per heavy atom. The second-order valence-corrected chi connectivity index (χ2v) is 12.2. The minimum Gasteiger partial charge on any atom is -0.465 e. The summed E-state index contributed by atoms with van der Waals surface area (Å²) in [5.41, 5.74) is 0.527. The van der Waals surface area contributed by atoms with E-state index in [-0.39, 0.29) is 55.6 Å². The van der Waals surface area contributed by atoms with E-state index in [0.29, 0.717) is 5.75 Å². The standard InChI is InChI=1S/C22H17F3O2S.C15H10BrF3O2/c1-27-22(26)17-12-19(28-13-14-7-3-2-4-8-14)21(25)20(24)16(17)11-15-9-5-6-10-18(15)23;1-21-15(20)10-7-11(16)14(19)13(18)9(10)6-8-4-2-3-5-12(8)17/h2-10,12H,11,13H2,1H3;2-5,7H,6H2,1H3. The van der Waals surface area contributed by atoms with Gasteiger partial charge in [0.05, 0.1) is 29.8 Å². The first-order chi connectivity index (χ1) is 23.5. The quantitative estimate of drug-likeness (QED) is 0.0648. The first-order valence-electron chi connectivity index (χ1n) is 14.4. The normalized spacial score (nSPS) is 10.6. The zero-order valence-electron chi connectivity index (χ0n) is 26.0. The molecule has 0 spiro atoms. The van der Waals surface area contributed by atoms with Gasteiger partial charge >= 0.3 is 11.9 Å². The summed E-state index contributed by atoms with van der Waals surface area (Å²) in [6.07, 6.45) is -0.517. The van der Waals surface area contributed by atoms with Crippen LogP contribution in [0, 0.1) is 34.9 Å². The molecule has 12 heteroatoms. The van der Waals surface area contributed by atoms with Gasteiger partial charge in [0.15, 0.2) is 23.3 Å². The van der Waals surface area contributed by atoms with E-state index in [1.807, 2.05) is 30.3 Å². The van der Waals surface area contributed by atoms with Crippen LogP contribution in [0.15, 0.2) is 100 Å². The highest BCUT2D eigenvalue weighted by atomic mass is 79.9. The molecule has 0 atom stereocenters. The van der Waals surface area contributed by atoms with Crippen LogP contribution in [0.3, 0.4) is 0 Å². The largest absolute Gasteiger partial charge is 0.465 e. The summed E-state index contributed by atoms with van der Waals surface area (Å²) in [7, 11) is 2.29. The maximum Gasteiger partial charge on any atom is 0.338 e. The van der Waals surface area contributed by atoms with Crippen LogP contribution in [-0.2, 0) is 28.1 Å². The Balaban J connectivity index is 0.000000230. The highest BCUT2D eigenvalue weighted by Crippen LogP contribution is 2.33. The Morgan fingerprint density at radius 1 is 0.612 bits per heavy atom. The van der Waals surface area contributed by atoms with Gasteiger partial charge in [-0.2, -0.15) is 0 Å². The van der Waals surface area contributed by atoms with Crippen molar-refractivity contribution in [3.8, 4) is 0 Å². The molecule has 49 heavy (non-hydrogen) atoms. The molecule has 0 saturated heterocycles. The van der Waals surface area contributed by atoms with E-state index in [0.717, 1.165) is 37.6 Å². The number of hydrogen-bond acceptors (Lipinski definition) is 5. The van der Waals surface area contributed by atoms with E-state index in [1.165, 1.54) is 42.5 Å². The van der Waals surface area contributed by atoms with E-state index in [1.54, 1.807) is 12.1 Å². The molecule has 0 N–H and O–H groups in total. The smallest absolute Gasteiger partial charge is 0.338 e. The van der Waals surface area contributed by atoms with Crippen molar-refractivity contribution in [3.05, 3.63) is 169 Å². The van der Waals surface area contributed by atoms with Gasteiger partial charge in [-0.25, -0.2) is 35.9 Å². The third kappa shape index (κ3) is 9.12. The molecule has 0 aliphatic heterocycles. The zero-order chi connectivity index (χ0) is 35.7. The summed E-state index contributed by atoms with van der Waals surface area (Å²) in [6.45, 7) is 0. The second kappa shape index (κ2) is 17.2. The first kappa shape index (κ1) is 37.3. The van der Waals surface area contributed by atoms with Crippen LogP contribution in [0.1, 0.15) is 48.5 Å². The van der Waals surface area contributed by atoms with Gasteiger partial charge in [-0.15, -0.1) is 11.8 Å². The number of thioether (sulfide) groups is 1. The number of esters is 2. The molecule has 254 valence electrons. The molecule has 4 nitrogen and oxygen atoms in total. The van der Waals surface area contributed by atoms with E-state index in [9.17, 15) is 35.9 Å². The number of carbonyl (C=O) groups excluding carboxylic acids is 2. The molecule has 0 heterocycles. The molecule has 5 rings (SSSR count). The van der Waals surface area contributed by atoms with Gasteiger partial charge in [-0.3, -0.25) is 0 Å². The van der Waals surface area contributed by atoms with E-state index in [2.05, 4.69) is 20.7 Å². The Labute approximate surface area is 291 Å². The number of rotatable bonds is 9. The molecule has 0 aliphatic rings. The molecular formula is C37H27BrF6O4S. The van der Waals surface area contributed by atoms with Crippen molar-refractivity contribution in [1.29, 1.82) is 0 Å². The number of ether oxygens (including phenoxy) is 2. The van der Waals surface area contributed by atoms with Crippen molar-refractivity contribution in [2.75, 3.05) is 14.2 Å². The number of benzene rings is 5. The zero-order valence-corrected chi connectivity index (χ0v) is 28.4. The van der Waals surface area contributed by atoms with Gasteiger partial charge in [0.25, 0.3) is 0 Å². The molecule has 0 radical (unpaired) electrons. The molecule has 0 saturated carbocycles. The summed E-state index contributed by atoms with van der Waals surface area (Å²) in [5, 5.41) is 0. The number of methoxy groups -OCH3 is 2. The lowest BCUT2D eigenvalue weighted by molar-refractivity contribution is 0.0589. The van der Waals surface area contributed by atoms with Crippen molar-refractivity contribution in [3.63, 3.8) is 0 Å². The Bertz CT molecular complexity index is 1970. The molecule has 0 aliphatic carbocycles. The number of halogens is 7. The highest BCUT2D eigenvalue weighted by molar-refractivity contribution is 9.10. The Hall–Kier alpha value is -4.55. The lowest BCUT2D eigenvalue weighted by Gasteiger charge is -2.14. The van der Waals surface area contributed by atoms with Crippen LogP contribution in [0.5, 0.6) is 0 Å². The minimum absolute atomic E-state index is 0.000892. The van der Waals surface area contributed by atoms with Gasteiger partial charge in [0.2, 0.25) is 0 Å². The minimum atomic E-state index is -1.20. The lowest BCUT2D eigenvalue weighted by Crippen LogP contribution is -2.11. The van der Waals surface area contributed by atoms with Crippen molar-refractivity contribution >= 4 is 39.6 Å². The average molecular weight is 762 g/mol. The summed E-state index contributed by atoms with van der Waals surface area (Å²) in [6, 6.07) is 23.2. The van der Waals surface area contributed by atoms with Gasteiger partial charge in [-0.05, 0) is 56.9 Å². The highest BCUT2D eigenvalue weighted by Gasteiger charge is 2.25. The van der Waals surface area contributed by atoms with Crippen LogP contribution < -0.4 is 0 Å². The second-order valence-electron chi connectivity index (χ2n) is 10.3. The van der Waals surface area contributed by atoms with Crippen molar-refractivity contribution in [2.24, 2.45) is 0 Å². The average Bonchev–Trinajstić information content (AvgIpc) is 3.11. The van der Waals surface area contributed by atoms with Crippen LogP contribution >= 0.6 is 27.7 Å². The lowest BCUT2D eigenvalue weighted by atomic mass is 9.98. The maximum absolute atomic E-state index is 14.8. The summed E-state index contributed by atoms with van der Waals surface area (Å²) >= 11 is 3.91. The fourth-order valence-electron chi connectivity index (χ4n) is 4.71. The summed E-state index contributed by atoms with van der Waals surface area (Å²) in [5.74, 6) is -6.88. The summed E-state index contributed by atoms with van der Waals surface area (Å²) in [4.78, 5) is 23.9. The van der Waals surface area contributed by atoms with Gasteiger partial charge in [0.1, 0.15) is 11.6 Å². The van der Waals surface area contributed by atoms with Gasteiger partial charge in [0, 0.05) is 34.6 Å². The van der Waals surface area contributed by atoms with E-state index < -0.39 is 46.8 Å². The van der Waals surface area contributed by atoms with E-state index >= 15 is 0 Å². The topological polar surface area (TPSA) is 52.6 Å². The molecule has 5 aromatic carbocycles. The van der Waals surface area contributed by atoms with Crippen LogP contribution in [-0.4, -0.2) is 26.2 Å². The molecule has 0 bridgehead atoms. The van der Waals surface area contributed by atoms with Crippen molar-refractivity contribution in [2.45, 2.75) is 23.5 Å².